The van der Waals surface area contributed by atoms with Crippen molar-refractivity contribution in [2.45, 2.75) is 79.6 Å². The van der Waals surface area contributed by atoms with Gasteiger partial charge in [-0.2, -0.15) is 0 Å². The maximum absolute atomic E-state index is 14.3. The van der Waals surface area contributed by atoms with Crippen molar-refractivity contribution >= 4 is 46.4 Å². The lowest BCUT2D eigenvalue weighted by Crippen LogP contribution is -2.45. The number of amides is 1. The second-order valence-corrected chi connectivity index (χ2v) is 16.3. The van der Waals surface area contributed by atoms with Crippen molar-refractivity contribution in [1.29, 1.82) is 0 Å². The van der Waals surface area contributed by atoms with Crippen LogP contribution in [-0.2, 0) is 20.8 Å². The third-order valence-corrected chi connectivity index (χ3v) is 10.6. The number of hydrogen-bond acceptors (Lipinski definition) is 6. The number of halogens is 2. The minimum absolute atomic E-state index is 0.0439. The lowest BCUT2D eigenvalue weighted by Gasteiger charge is -2.49. The number of rotatable bonds is 10. The van der Waals surface area contributed by atoms with Gasteiger partial charge in [-0.05, 0) is 84.9 Å². The molecule has 0 radical (unpaired) electrons. The van der Waals surface area contributed by atoms with Gasteiger partial charge < -0.3 is 19.7 Å². The number of nitrogens with one attached hydrogen (secondary N) is 1. The van der Waals surface area contributed by atoms with Crippen molar-refractivity contribution in [3.8, 4) is 11.5 Å². The zero-order chi connectivity index (χ0) is 36.7. The predicted octanol–water partition coefficient (Wildman–Crippen LogP) is 9.65. The van der Waals surface area contributed by atoms with E-state index < -0.39 is 11.8 Å². The lowest BCUT2D eigenvalue weighted by molar-refractivity contribution is -0.120. The molecule has 3 aromatic carbocycles. The molecule has 1 amide bonds. The van der Waals surface area contributed by atoms with Gasteiger partial charge in [-0.25, -0.2) is 0 Å². The van der Waals surface area contributed by atoms with Crippen LogP contribution in [0.25, 0.3) is 0 Å². The van der Waals surface area contributed by atoms with Crippen LogP contribution in [0.1, 0.15) is 82.9 Å². The summed E-state index contributed by atoms with van der Waals surface area (Å²) in [6.07, 6.45) is 2.95. The number of Topliss-reactive ketones (excluding diaryl/α,β-unsaturated/α-hetero) is 2. The van der Waals surface area contributed by atoms with Gasteiger partial charge in [0.25, 0.3) is 5.91 Å². The van der Waals surface area contributed by atoms with Gasteiger partial charge >= 0.3 is 0 Å². The molecule has 268 valence electrons. The van der Waals surface area contributed by atoms with Crippen LogP contribution in [0.2, 0.25) is 10.0 Å². The highest BCUT2D eigenvalue weighted by Crippen LogP contribution is 2.55. The van der Waals surface area contributed by atoms with E-state index in [0.29, 0.717) is 72.0 Å². The molecule has 1 aliphatic heterocycles. The summed E-state index contributed by atoms with van der Waals surface area (Å²) in [4.78, 5) is 43.8. The monoisotopic (exact) mass is 728 g/mol. The van der Waals surface area contributed by atoms with E-state index in [4.69, 9.17) is 32.7 Å². The predicted molar refractivity (Wildman–Crippen MR) is 203 cm³/mol. The average molecular weight is 730 g/mol. The molecule has 0 unspecified atom stereocenters. The van der Waals surface area contributed by atoms with E-state index in [2.05, 4.69) is 50.0 Å². The Kier molecular flexibility index (Phi) is 10.4. The topological polar surface area (TPSA) is 84.9 Å². The van der Waals surface area contributed by atoms with E-state index in [1.165, 1.54) is 5.56 Å². The molecule has 2 aliphatic carbocycles. The zero-order valence-corrected chi connectivity index (χ0v) is 31.8. The molecule has 51 heavy (non-hydrogen) atoms. The summed E-state index contributed by atoms with van der Waals surface area (Å²) in [5.41, 5.74) is 6.17. The van der Waals surface area contributed by atoms with Crippen molar-refractivity contribution < 1.29 is 23.9 Å². The molecular formula is C42H46Cl2N2O5. The van der Waals surface area contributed by atoms with Gasteiger partial charge in [0.1, 0.15) is 0 Å². The Bertz CT molecular complexity index is 1890. The van der Waals surface area contributed by atoms with Crippen LogP contribution in [-0.4, -0.2) is 42.1 Å². The van der Waals surface area contributed by atoms with Gasteiger partial charge in [0.2, 0.25) is 0 Å². The number of hydrogen-bond donors (Lipinski definition) is 1. The third kappa shape index (κ3) is 7.90. The first-order valence-corrected chi connectivity index (χ1v) is 18.4. The highest BCUT2D eigenvalue weighted by atomic mass is 35.5. The van der Waals surface area contributed by atoms with Crippen molar-refractivity contribution in [2.24, 2.45) is 10.8 Å². The van der Waals surface area contributed by atoms with Crippen LogP contribution in [0.3, 0.4) is 0 Å². The molecule has 0 atom stereocenters. The number of carbonyl (C=O) groups excluding carboxylic acids is 3. The van der Waals surface area contributed by atoms with Gasteiger partial charge in [0, 0.05) is 58.6 Å². The first-order valence-electron chi connectivity index (χ1n) is 17.7. The summed E-state index contributed by atoms with van der Waals surface area (Å²) in [5.74, 6) is -0.347. The standard InChI is InChI=1S/C42H46Cl2N2O5/c1-7-50-35-18-27(17-30(44)40(35)51-24-36(49)45-28-14-13-25(2)29(43)19-28)37-38-31(20-41(3,4)22-33(38)47)46(16-15-26-11-9-8-10-12-26)32-21-42(5,6)23-34(48)39(32)37/h8-14,17-19,37H,7,15-16,20-24H2,1-6H3,(H,45,49). The molecule has 0 aromatic heterocycles. The Morgan fingerprint density at radius 3 is 2.06 bits per heavy atom. The summed E-state index contributed by atoms with van der Waals surface area (Å²) >= 11 is 13.2. The quantitative estimate of drug-likeness (QED) is 0.224. The number of ether oxygens (including phenoxy) is 2. The molecule has 0 bridgehead atoms. The molecule has 0 spiro atoms. The molecule has 9 heteroatoms. The number of benzene rings is 3. The number of nitrogens with zero attached hydrogens (tertiary/aromatic N) is 1. The minimum Gasteiger partial charge on any atom is -0.490 e. The number of ketones is 2. The SMILES string of the molecule is CCOc1cc(C2C3=C(CC(C)(C)CC3=O)N(CCc3ccccc3)C3=C2C(=O)CC(C)(C)C3)cc(Cl)c1OCC(=O)Nc1ccc(C)c(Cl)c1. The normalized spacial score (nSPS) is 18.4. The van der Waals surface area contributed by atoms with Crippen molar-refractivity contribution in [1.82, 2.24) is 4.90 Å². The Morgan fingerprint density at radius 2 is 1.47 bits per heavy atom. The fourth-order valence-corrected chi connectivity index (χ4v) is 8.15. The highest BCUT2D eigenvalue weighted by Gasteiger charge is 2.49. The molecule has 3 aliphatic rings. The van der Waals surface area contributed by atoms with Gasteiger partial charge in [0.15, 0.2) is 29.7 Å². The summed E-state index contributed by atoms with van der Waals surface area (Å²) in [6.45, 7) is 12.9. The van der Waals surface area contributed by atoms with Gasteiger partial charge in [-0.15, -0.1) is 0 Å². The summed E-state index contributed by atoms with van der Waals surface area (Å²) < 4.78 is 12.0. The van der Waals surface area contributed by atoms with Gasteiger partial charge in [-0.3, -0.25) is 14.4 Å². The second-order valence-electron chi connectivity index (χ2n) is 15.5. The number of allylic oxidation sites excluding steroid dienone is 4. The number of anilines is 1. The van der Waals surface area contributed by atoms with E-state index in [-0.39, 0.29) is 39.8 Å². The first kappa shape index (κ1) is 36.7. The van der Waals surface area contributed by atoms with Crippen LogP contribution in [0.15, 0.2) is 83.2 Å². The lowest BCUT2D eigenvalue weighted by atomic mass is 9.63. The highest BCUT2D eigenvalue weighted by molar-refractivity contribution is 6.32. The Labute approximate surface area is 311 Å². The van der Waals surface area contributed by atoms with Crippen LogP contribution < -0.4 is 14.8 Å². The fourth-order valence-electron chi connectivity index (χ4n) is 7.70. The zero-order valence-electron chi connectivity index (χ0n) is 30.3. The van der Waals surface area contributed by atoms with Crippen LogP contribution >= 0.6 is 23.2 Å². The van der Waals surface area contributed by atoms with Crippen LogP contribution in [0.4, 0.5) is 5.69 Å². The molecule has 6 rings (SSSR count). The summed E-state index contributed by atoms with van der Waals surface area (Å²) in [5, 5.41) is 3.57. The van der Waals surface area contributed by atoms with E-state index in [0.717, 1.165) is 23.4 Å². The molecule has 1 heterocycles. The van der Waals surface area contributed by atoms with Crippen molar-refractivity contribution in [3.63, 3.8) is 0 Å². The molecule has 7 nitrogen and oxygen atoms in total. The molecule has 0 fully saturated rings. The van der Waals surface area contributed by atoms with Crippen LogP contribution in [0.5, 0.6) is 11.5 Å². The third-order valence-electron chi connectivity index (χ3n) is 9.96. The average Bonchev–Trinajstić information content (AvgIpc) is 3.04. The smallest absolute Gasteiger partial charge is 0.262 e. The Hall–Kier alpha value is -4.07. The number of carbonyl (C=O) groups is 3. The van der Waals surface area contributed by atoms with Crippen LogP contribution in [0, 0.1) is 17.8 Å². The first-order chi connectivity index (χ1) is 24.2. The van der Waals surface area contributed by atoms with E-state index in [9.17, 15) is 14.4 Å². The Balaban J connectivity index is 1.41. The van der Waals surface area contributed by atoms with E-state index in [1.807, 2.05) is 44.2 Å². The Morgan fingerprint density at radius 1 is 0.843 bits per heavy atom. The largest absolute Gasteiger partial charge is 0.490 e. The van der Waals surface area contributed by atoms with Gasteiger partial charge in [-0.1, -0.05) is 87.3 Å². The maximum Gasteiger partial charge on any atom is 0.262 e. The van der Waals surface area contributed by atoms with Crippen molar-refractivity contribution in [2.75, 3.05) is 25.1 Å². The number of aryl methyl sites for hydroxylation is 1. The van der Waals surface area contributed by atoms with Crippen molar-refractivity contribution in [3.05, 3.63) is 110 Å². The molecule has 0 saturated heterocycles. The van der Waals surface area contributed by atoms with Gasteiger partial charge in [0.05, 0.1) is 11.6 Å². The molecule has 1 N–H and O–H groups in total. The minimum atomic E-state index is -0.601. The fraction of sp³-hybridized carbons (Fsp3) is 0.405. The van der Waals surface area contributed by atoms with E-state index in [1.54, 1.807) is 18.2 Å². The summed E-state index contributed by atoms with van der Waals surface area (Å²) in [6, 6.07) is 19.2. The molecule has 0 saturated carbocycles. The second kappa shape index (κ2) is 14.5. The molecule has 3 aromatic rings. The summed E-state index contributed by atoms with van der Waals surface area (Å²) in [7, 11) is 0. The maximum atomic E-state index is 14.3. The molecular weight excluding hydrogens is 683 g/mol. The van der Waals surface area contributed by atoms with E-state index >= 15 is 0 Å².